The third-order valence-corrected chi connectivity index (χ3v) is 4.35. The summed E-state index contributed by atoms with van der Waals surface area (Å²) in [6.45, 7) is 9.88. The van der Waals surface area contributed by atoms with Gasteiger partial charge in [-0.05, 0) is 29.4 Å². The maximum absolute atomic E-state index is 4.82. The van der Waals surface area contributed by atoms with Crippen molar-refractivity contribution in [3.8, 4) is 0 Å². The fourth-order valence-corrected chi connectivity index (χ4v) is 2.94. The summed E-state index contributed by atoms with van der Waals surface area (Å²) in [5, 5.41) is 8.29. The molecule has 1 aliphatic rings. The first-order valence-electron chi connectivity index (χ1n) is 7.99. The number of hydrogen-bond acceptors (Lipinski definition) is 2. The van der Waals surface area contributed by atoms with Gasteiger partial charge in [-0.2, -0.15) is 5.10 Å². The van der Waals surface area contributed by atoms with Gasteiger partial charge in [-0.1, -0.05) is 52.0 Å². The Labute approximate surface area is 127 Å². The largest absolute Gasteiger partial charge is 0.370 e. The summed E-state index contributed by atoms with van der Waals surface area (Å²) in [4.78, 5) is 0. The highest BCUT2D eigenvalue weighted by Gasteiger charge is 2.23. The molecule has 112 valence electrons. The molecule has 1 aliphatic heterocycles. The molecule has 1 N–H and O–H groups in total. The maximum atomic E-state index is 4.82. The van der Waals surface area contributed by atoms with E-state index >= 15 is 0 Å². The Balaban J connectivity index is 1.94. The average molecular weight is 283 g/mol. The van der Waals surface area contributed by atoms with Crippen molar-refractivity contribution in [1.82, 2.24) is 9.78 Å². The average Bonchev–Trinajstić information content (AvgIpc) is 2.91. The van der Waals surface area contributed by atoms with Crippen LogP contribution in [0.2, 0.25) is 0 Å². The van der Waals surface area contributed by atoms with E-state index in [-0.39, 0.29) is 0 Å². The molecule has 0 saturated heterocycles. The molecular formula is C18H25N3. The van der Waals surface area contributed by atoms with Crippen LogP contribution in [-0.2, 0) is 0 Å². The van der Waals surface area contributed by atoms with E-state index in [9.17, 15) is 0 Å². The zero-order valence-corrected chi connectivity index (χ0v) is 13.4. The Bertz CT molecular complexity index is 608. The van der Waals surface area contributed by atoms with Gasteiger partial charge in [0.2, 0.25) is 0 Å². The summed E-state index contributed by atoms with van der Waals surface area (Å²) in [5.41, 5.74) is 3.93. The van der Waals surface area contributed by atoms with Crippen LogP contribution in [0.1, 0.15) is 68.8 Å². The molecule has 3 rings (SSSR count). The minimum absolute atomic E-state index is 0.356. The highest BCUT2D eigenvalue weighted by atomic mass is 15.4. The van der Waals surface area contributed by atoms with Crippen LogP contribution in [0.3, 0.4) is 0 Å². The number of nitrogens with zero attached hydrogens (tertiary/aromatic N) is 2. The van der Waals surface area contributed by atoms with Gasteiger partial charge < -0.3 is 5.32 Å². The monoisotopic (exact) mass is 283 g/mol. The summed E-state index contributed by atoms with van der Waals surface area (Å²) in [5.74, 6) is 2.21. The number of fused-ring (bicyclic) bond motifs is 1. The van der Waals surface area contributed by atoms with Crippen molar-refractivity contribution in [2.75, 3.05) is 11.9 Å². The Morgan fingerprint density at radius 1 is 1.10 bits per heavy atom. The van der Waals surface area contributed by atoms with Crippen molar-refractivity contribution in [2.45, 2.75) is 52.0 Å². The van der Waals surface area contributed by atoms with Gasteiger partial charge in [0.15, 0.2) is 0 Å². The molecule has 3 heteroatoms. The van der Waals surface area contributed by atoms with Gasteiger partial charge in [0.1, 0.15) is 5.82 Å². The molecule has 0 aliphatic carbocycles. The highest BCUT2D eigenvalue weighted by molar-refractivity contribution is 5.42. The van der Waals surface area contributed by atoms with E-state index < -0.39 is 0 Å². The van der Waals surface area contributed by atoms with Crippen LogP contribution >= 0.6 is 0 Å². The van der Waals surface area contributed by atoms with Crippen LogP contribution in [0.25, 0.3) is 0 Å². The number of hydrogen-bond donors (Lipinski definition) is 1. The van der Waals surface area contributed by atoms with Gasteiger partial charge in [-0.15, -0.1) is 0 Å². The van der Waals surface area contributed by atoms with Crippen molar-refractivity contribution in [3.05, 3.63) is 47.2 Å². The van der Waals surface area contributed by atoms with Gasteiger partial charge in [-0.3, -0.25) is 0 Å². The van der Waals surface area contributed by atoms with E-state index in [4.69, 9.17) is 5.10 Å². The van der Waals surface area contributed by atoms with Gasteiger partial charge in [-0.25, -0.2) is 4.68 Å². The lowest BCUT2D eigenvalue weighted by Gasteiger charge is -2.26. The van der Waals surface area contributed by atoms with E-state index in [2.05, 4.69) is 68.0 Å². The first-order chi connectivity index (χ1) is 10.1. The molecule has 1 aromatic carbocycles. The van der Waals surface area contributed by atoms with Crippen molar-refractivity contribution >= 4 is 5.82 Å². The number of anilines is 1. The smallest absolute Gasteiger partial charge is 0.125 e. The number of rotatable bonds is 3. The molecule has 0 radical (unpaired) electrons. The molecule has 1 atom stereocenters. The summed E-state index contributed by atoms with van der Waals surface area (Å²) in [6, 6.07) is 11.6. The van der Waals surface area contributed by atoms with E-state index in [0.717, 1.165) is 18.8 Å². The Kier molecular flexibility index (Phi) is 3.75. The van der Waals surface area contributed by atoms with Crippen LogP contribution in [0.15, 0.2) is 30.3 Å². The van der Waals surface area contributed by atoms with E-state index in [1.54, 1.807) is 0 Å². The normalized spacial score (nSPS) is 17.9. The molecular weight excluding hydrogens is 258 g/mol. The van der Waals surface area contributed by atoms with Gasteiger partial charge in [0, 0.05) is 12.6 Å². The fraction of sp³-hybridized carbons (Fsp3) is 0.500. The molecule has 1 aromatic heterocycles. The lowest BCUT2D eigenvalue weighted by molar-refractivity contribution is 0.476. The highest BCUT2D eigenvalue weighted by Crippen LogP contribution is 2.32. The summed E-state index contributed by atoms with van der Waals surface area (Å²) in [7, 11) is 0. The topological polar surface area (TPSA) is 29.9 Å². The zero-order chi connectivity index (χ0) is 15.0. The third kappa shape index (κ3) is 2.69. The molecule has 1 unspecified atom stereocenters. The first kappa shape index (κ1) is 14.2. The molecule has 0 amide bonds. The standard InChI is InChI=1S/C18H25N3/c1-12(2)14-5-7-15(8-6-14)17-9-10-19-18-11-16(13(3)4)20-21(17)18/h5-8,11-13,17,19H,9-10H2,1-4H3. The second kappa shape index (κ2) is 5.55. The predicted molar refractivity (Wildman–Crippen MR) is 88.1 cm³/mol. The van der Waals surface area contributed by atoms with Crippen LogP contribution < -0.4 is 5.32 Å². The summed E-state index contributed by atoms with van der Waals surface area (Å²) in [6.07, 6.45) is 1.09. The van der Waals surface area contributed by atoms with Gasteiger partial charge in [0.25, 0.3) is 0 Å². The van der Waals surface area contributed by atoms with E-state index in [1.165, 1.54) is 16.8 Å². The third-order valence-electron chi connectivity index (χ3n) is 4.35. The predicted octanol–water partition coefficient (Wildman–Crippen LogP) is 4.53. The molecule has 0 spiro atoms. The summed E-state index contributed by atoms with van der Waals surface area (Å²) < 4.78 is 2.17. The molecule has 0 fully saturated rings. The van der Waals surface area contributed by atoms with Crippen LogP contribution in [0, 0.1) is 0 Å². The van der Waals surface area contributed by atoms with Crippen molar-refractivity contribution in [3.63, 3.8) is 0 Å². The molecule has 21 heavy (non-hydrogen) atoms. The second-order valence-electron chi connectivity index (χ2n) is 6.61. The lowest BCUT2D eigenvalue weighted by Crippen LogP contribution is -2.24. The van der Waals surface area contributed by atoms with E-state index in [0.29, 0.717) is 17.9 Å². The minimum Gasteiger partial charge on any atom is -0.370 e. The maximum Gasteiger partial charge on any atom is 0.125 e. The molecule has 2 aromatic rings. The molecule has 2 heterocycles. The lowest BCUT2D eigenvalue weighted by atomic mass is 9.97. The SMILES string of the molecule is CC(C)c1ccc(C2CCNc3cc(C(C)C)nn32)cc1. The fourth-order valence-electron chi connectivity index (χ4n) is 2.94. The minimum atomic E-state index is 0.356. The second-order valence-corrected chi connectivity index (χ2v) is 6.61. The van der Waals surface area contributed by atoms with Gasteiger partial charge in [0.05, 0.1) is 11.7 Å². The zero-order valence-electron chi connectivity index (χ0n) is 13.4. The number of benzene rings is 1. The van der Waals surface area contributed by atoms with Crippen LogP contribution in [-0.4, -0.2) is 16.3 Å². The molecule has 3 nitrogen and oxygen atoms in total. The molecule has 0 bridgehead atoms. The Hall–Kier alpha value is -1.77. The Morgan fingerprint density at radius 2 is 1.81 bits per heavy atom. The van der Waals surface area contributed by atoms with Gasteiger partial charge >= 0.3 is 0 Å². The van der Waals surface area contributed by atoms with Crippen molar-refractivity contribution < 1.29 is 0 Å². The number of aromatic nitrogens is 2. The van der Waals surface area contributed by atoms with Crippen molar-refractivity contribution in [1.29, 1.82) is 0 Å². The van der Waals surface area contributed by atoms with Crippen LogP contribution in [0.4, 0.5) is 5.82 Å². The first-order valence-corrected chi connectivity index (χ1v) is 7.99. The van der Waals surface area contributed by atoms with Crippen molar-refractivity contribution in [2.24, 2.45) is 0 Å². The molecule has 0 saturated carbocycles. The summed E-state index contributed by atoms with van der Waals surface area (Å²) >= 11 is 0. The quantitative estimate of drug-likeness (QED) is 0.896. The van der Waals surface area contributed by atoms with Crippen LogP contribution in [0.5, 0.6) is 0 Å². The van der Waals surface area contributed by atoms with E-state index in [1.807, 2.05) is 0 Å². The number of nitrogens with one attached hydrogen (secondary N) is 1. The Morgan fingerprint density at radius 3 is 2.43 bits per heavy atom.